The van der Waals surface area contributed by atoms with Gasteiger partial charge < -0.3 is 19.1 Å². The lowest BCUT2D eigenvalue weighted by Crippen LogP contribution is -2.52. The van der Waals surface area contributed by atoms with Gasteiger partial charge in [-0.1, -0.05) is 0 Å². The summed E-state index contributed by atoms with van der Waals surface area (Å²) in [5.74, 6) is -1.53. The minimum atomic E-state index is -1.05. The van der Waals surface area contributed by atoms with E-state index in [0.717, 1.165) is 0 Å². The quantitative estimate of drug-likeness (QED) is 0.417. The summed E-state index contributed by atoms with van der Waals surface area (Å²) in [4.78, 5) is 48.1. The Kier molecular flexibility index (Phi) is 6.95. The van der Waals surface area contributed by atoms with E-state index >= 15 is 0 Å². The normalized spacial score (nSPS) is 29.9. The number of hydrogen-bond donors (Lipinski definition) is 0. The summed E-state index contributed by atoms with van der Waals surface area (Å²) in [6, 6.07) is -0.563. The molecular weight excluding hydrogens is 310 g/mol. The molecule has 0 radical (unpaired) electrons. The highest BCUT2D eigenvalue weighted by Crippen LogP contribution is 2.21. The van der Waals surface area contributed by atoms with Crippen LogP contribution in [-0.2, 0) is 38.4 Å². The number of rotatable bonds is 4. The molecule has 0 aromatic rings. The van der Waals surface area contributed by atoms with Crippen molar-refractivity contribution >= 4 is 23.8 Å². The Balaban J connectivity index is 3.12. The van der Waals surface area contributed by atoms with Gasteiger partial charge in [-0.15, -0.1) is 0 Å². The van der Waals surface area contributed by atoms with Gasteiger partial charge in [0.2, 0.25) is 5.90 Å². The van der Waals surface area contributed by atoms with Gasteiger partial charge >= 0.3 is 17.9 Å². The Hall–Kier alpha value is -2.16. The van der Waals surface area contributed by atoms with Crippen LogP contribution < -0.4 is 0 Å². The standard InChI is InChI=1S/C14H21NO8/c1-7-13(20-10(4)17)14(21-11(5)18)12(6-19-9(3)16)23-22-8(2)15-7/h7,12-14H,6H2,1-5H3/b15-8-/t7-,12?,13?,14-/m1/s1. The largest absolute Gasteiger partial charge is 0.463 e. The Bertz CT molecular complexity index is 489. The van der Waals surface area contributed by atoms with Crippen molar-refractivity contribution in [3.05, 3.63) is 0 Å². The van der Waals surface area contributed by atoms with Crippen LogP contribution in [0.5, 0.6) is 0 Å². The Morgan fingerprint density at radius 2 is 1.61 bits per heavy atom. The van der Waals surface area contributed by atoms with Crippen molar-refractivity contribution in [2.75, 3.05) is 6.61 Å². The smallest absolute Gasteiger partial charge is 0.303 e. The fourth-order valence-corrected chi connectivity index (χ4v) is 2.07. The molecule has 4 atom stereocenters. The van der Waals surface area contributed by atoms with Crippen LogP contribution in [0, 0.1) is 0 Å². The highest BCUT2D eigenvalue weighted by Gasteiger charge is 2.42. The number of aliphatic imine (C=N–C) groups is 1. The molecule has 0 saturated heterocycles. The van der Waals surface area contributed by atoms with E-state index in [1.54, 1.807) is 13.8 Å². The molecule has 0 N–H and O–H groups in total. The average Bonchev–Trinajstić information content (AvgIpc) is 2.41. The van der Waals surface area contributed by atoms with Gasteiger partial charge in [0, 0.05) is 27.7 Å². The lowest BCUT2D eigenvalue weighted by atomic mass is 10.0. The average molecular weight is 331 g/mol. The van der Waals surface area contributed by atoms with Crippen LogP contribution in [0.15, 0.2) is 4.99 Å². The van der Waals surface area contributed by atoms with E-state index < -0.39 is 42.3 Å². The maximum absolute atomic E-state index is 11.4. The highest BCUT2D eigenvalue weighted by atomic mass is 17.2. The summed E-state index contributed by atoms with van der Waals surface area (Å²) in [7, 11) is 0. The van der Waals surface area contributed by atoms with Crippen LogP contribution in [0.3, 0.4) is 0 Å². The summed E-state index contributed by atoms with van der Waals surface area (Å²) >= 11 is 0. The molecule has 1 rings (SSSR count). The highest BCUT2D eigenvalue weighted by molar-refractivity contribution is 5.73. The van der Waals surface area contributed by atoms with E-state index in [1.807, 2.05) is 0 Å². The van der Waals surface area contributed by atoms with Crippen molar-refractivity contribution in [1.29, 1.82) is 0 Å². The summed E-state index contributed by atoms with van der Waals surface area (Å²) in [6.45, 7) is 6.63. The van der Waals surface area contributed by atoms with Crippen LogP contribution in [0.1, 0.15) is 34.6 Å². The molecule has 0 aromatic carbocycles. The predicted molar refractivity (Wildman–Crippen MR) is 76.3 cm³/mol. The van der Waals surface area contributed by atoms with Crippen molar-refractivity contribution in [1.82, 2.24) is 0 Å². The lowest BCUT2D eigenvalue weighted by Gasteiger charge is -2.34. The van der Waals surface area contributed by atoms with E-state index in [1.165, 1.54) is 20.8 Å². The first kappa shape index (κ1) is 18.9. The molecule has 0 aliphatic carbocycles. The third-order valence-corrected chi connectivity index (χ3v) is 2.90. The summed E-state index contributed by atoms with van der Waals surface area (Å²) < 4.78 is 15.3. The van der Waals surface area contributed by atoms with Crippen molar-refractivity contribution in [2.45, 2.75) is 59.0 Å². The van der Waals surface area contributed by atoms with E-state index in [9.17, 15) is 14.4 Å². The molecule has 23 heavy (non-hydrogen) atoms. The van der Waals surface area contributed by atoms with Gasteiger partial charge in [-0.25, -0.2) is 4.99 Å². The Morgan fingerprint density at radius 3 is 2.13 bits per heavy atom. The van der Waals surface area contributed by atoms with Crippen LogP contribution in [0.4, 0.5) is 0 Å². The van der Waals surface area contributed by atoms with Gasteiger partial charge in [-0.3, -0.25) is 14.4 Å². The molecule has 130 valence electrons. The number of ether oxygens (including phenoxy) is 3. The van der Waals surface area contributed by atoms with E-state index in [0.29, 0.717) is 0 Å². The minimum Gasteiger partial charge on any atom is -0.463 e. The molecule has 1 aliphatic rings. The summed E-state index contributed by atoms with van der Waals surface area (Å²) in [5, 5.41) is 0. The van der Waals surface area contributed by atoms with E-state index in [2.05, 4.69) is 4.99 Å². The van der Waals surface area contributed by atoms with E-state index in [4.69, 9.17) is 24.0 Å². The summed E-state index contributed by atoms with van der Waals surface area (Å²) in [6.07, 6.45) is -2.96. The number of carbonyl (C=O) groups is 3. The van der Waals surface area contributed by atoms with Gasteiger partial charge in [0.1, 0.15) is 6.61 Å². The second-order valence-electron chi connectivity index (χ2n) is 5.06. The zero-order chi connectivity index (χ0) is 17.6. The first-order valence-corrected chi connectivity index (χ1v) is 7.06. The second kappa shape index (κ2) is 8.47. The van der Waals surface area contributed by atoms with Gasteiger partial charge in [0.05, 0.1) is 6.04 Å². The number of nitrogens with zero attached hydrogens (tertiary/aromatic N) is 1. The maximum atomic E-state index is 11.4. The molecular formula is C14H21NO8. The molecule has 2 unspecified atom stereocenters. The Labute approximate surface area is 133 Å². The van der Waals surface area contributed by atoms with Crippen LogP contribution in [-0.4, -0.2) is 54.8 Å². The topological polar surface area (TPSA) is 110 Å². The molecule has 1 heterocycles. The molecule has 1 aliphatic heterocycles. The SMILES string of the molecule is CC(=O)OCC1OO/C(C)=N\[C@H](C)C(OC(C)=O)[C@@H]1OC(C)=O. The summed E-state index contributed by atoms with van der Waals surface area (Å²) in [5.41, 5.74) is 0. The third-order valence-electron chi connectivity index (χ3n) is 2.90. The van der Waals surface area contributed by atoms with Crippen LogP contribution in [0.2, 0.25) is 0 Å². The zero-order valence-electron chi connectivity index (χ0n) is 13.7. The number of esters is 3. The molecule has 0 aromatic heterocycles. The third kappa shape index (κ3) is 6.23. The number of hydrogen-bond acceptors (Lipinski definition) is 9. The lowest BCUT2D eigenvalue weighted by molar-refractivity contribution is -0.300. The Morgan fingerprint density at radius 1 is 1.04 bits per heavy atom. The first-order chi connectivity index (χ1) is 10.7. The van der Waals surface area contributed by atoms with Crippen LogP contribution in [0.25, 0.3) is 0 Å². The van der Waals surface area contributed by atoms with Crippen LogP contribution >= 0.6 is 0 Å². The van der Waals surface area contributed by atoms with Crippen molar-refractivity contribution in [3.63, 3.8) is 0 Å². The molecule has 0 bridgehead atoms. The minimum absolute atomic E-state index is 0.198. The second-order valence-corrected chi connectivity index (χ2v) is 5.06. The number of carbonyl (C=O) groups excluding carboxylic acids is 3. The maximum Gasteiger partial charge on any atom is 0.303 e. The molecule has 0 spiro atoms. The van der Waals surface area contributed by atoms with Crippen molar-refractivity contribution in [2.24, 2.45) is 4.99 Å². The molecule has 0 saturated carbocycles. The first-order valence-electron chi connectivity index (χ1n) is 7.06. The predicted octanol–water partition coefficient (Wildman–Crippen LogP) is 0.550. The molecule has 9 nitrogen and oxygen atoms in total. The van der Waals surface area contributed by atoms with Gasteiger partial charge in [0.15, 0.2) is 18.3 Å². The monoisotopic (exact) mass is 331 g/mol. The zero-order valence-corrected chi connectivity index (χ0v) is 13.7. The van der Waals surface area contributed by atoms with Crippen molar-refractivity contribution in [3.8, 4) is 0 Å². The molecule has 0 amide bonds. The fraction of sp³-hybridized carbons (Fsp3) is 0.714. The van der Waals surface area contributed by atoms with E-state index in [-0.39, 0.29) is 12.5 Å². The molecule has 0 fully saturated rings. The van der Waals surface area contributed by atoms with Gasteiger partial charge in [-0.05, 0) is 6.92 Å². The fourth-order valence-electron chi connectivity index (χ4n) is 2.07. The van der Waals surface area contributed by atoms with Gasteiger partial charge in [-0.2, -0.15) is 4.89 Å². The van der Waals surface area contributed by atoms with Crippen molar-refractivity contribution < 1.29 is 38.4 Å². The van der Waals surface area contributed by atoms with Gasteiger partial charge in [0.25, 0.3) is 0 Å². The molecule has 9 heteroatoms.